The Hall–Kier alpha value is -3.89. The number of amides is 1. The molecule has 0 aliphatic heterocycles. The second-order valence-corrected chi connectivity index (χ2v) is 8.60. The minimum Gasteiger partial charge on any atom is -0.298 e. The molecule has 3 aromatic carbocycles. The molecule has 4 aromatic rings. The number of anilines is 1. The molecule has 1 aromatic heterocycles. The molecule has 1 amide bonds. The highest BCUT2D eigenvalue weighted by molar-refractivity contribution is 7.99. The predicted octanol–water partition coefficient (Wildman–Crippen LogP) is 4.65. The number of hydrogen-bond acceptors (Lipinski definition) is 5. The van der Waals surface area contributed by atoms with Crippen molar-refractivity contribution in [1.82, 2.24) is 9.55 Å². The van der Waals surface area contributed by atoms with Gasteiger partial charge < -0.3 is 0 Å². The Balaban J connectivity index is 1.75. The molecule has 0 unspecified atom stereocenters. The third-order valence-corrected chi connectivity index (χ3v) is 6.06. The number of carbonyl (C=O) groups excluding carboxylic acids is 1. The Labute approximate surface area is 196 Å². The van der Waals surface area contributed by atoms with Gasteiger partial charge in [0, 0.05) is 5.69 Å². The van der Waals surface area contributed by atoms with Crippen LogP contribution >= 0.6 is 11.8 Å². The fourth-order valence-corrected chi connectivity index (χ4v) is 4.61. The summed E-state index contributed by atoms with van der Waals surface area (Å²) in [5, 5.41) is 10.2. The zero-order chi connectivity index (χ0) is 23.4. The Morgan fingerprint density at radius 1 is 1.03 bits per heavy atom. The lowest BCUT2D eigenvalue weighted by molar-refractivity contribution is -0.116. The quantitative estimate of drug-likeness (QED) is 0.241. The maximum Gasteiger partial charge on any atom is 0.266 e. The molecule has 0 saturated carbocycles. The summed E-state index contributed by atoms with van der Waals surface area (Å²) < 4.78 is 1.57. The van der Waals surface area contributed by atoms with E-state index in [9.17, 15) is 14.9 Å². The number of carbonyl (C=O) groups is 1. The third kappa shape index (κ3) is 4.81. The van der Waals surface area contributed by atoms with Gasteiger partial charge in [-0.3, -0.25) is 19.1 Å². The first-order valence-corrected chi connectivity index (χ1v) is 11.4. The van der Waals surface area contributed by atoms with E-state index in [2.05, 4.69) is 6.07 Å². The van der Waals surface area contributed by atoms with Gasteiger partial charge in [0.1, 0.15) is 6.54 Å². The highest BCUT2D eigenvalue weighted by atomic mass is 32.2. The first-order valence-electron chi connectivity index (χ1n) is 10.4. The van der Waals surface area contributed by atoms with Gasteiger partial charge in [-0.25, -0.2) is 4.98 Å². The summed E-state index contributed by atoms with van der Waals surface area (Å²) in [5.41, 5.74) is 3.82. The summed E-state index contributed by atoms with van der Waals surface area (Å²) in [4.78, 5) is 32.6. The van der Waals surface area contributed by atoms with E-state index < -0.39 is 0 Å². The van der Waals surface area contributed by atoms with Crippen LogP contribution in [0.25, 0.3) is 16.6 Å². The Bertz CT molecular complexity index is 1400. The van der Waals surface area contributed by atoms with Crippen LogP contribution in [0.5, 0.6) is 0 Å². The van der Waals surface area contributed by atoms with Gasteiger partial charge in [-0.2, -0.15) is 5.26 Å². The van der Waals surface area contributed by atoms with Crippen LogP contribution in [0.15, 0.2) is 82.7 Å². The summed E-state index contributed by atoms with van der Waals surface area (Å²) in [6.45, 7) is 3.90. The van der Waals surface area contributed by atoms with E-state index >= 15 is 0 Å². The smallest absolute Gasteiger partial charge is 0.266 e. The van der Waals surface area contributed by atoms with E-state index in [1.165, 1.54) is 16.7 Å². The van der Waals surface area contributed by atoms with Crippen LogP contribution < -0.4 is 10.5 Å². The maximum absolute atomic E-state index is 13.4. The number of thioether (sulfide) groups is 1. The van der Waals surface area contributed by atoms with E-state index in [1.807, 2.05) is 62.4 Å². The summed E-state index contributed by atoms with van der Waals surface area (Å²) >= 11 is 1.19. The number of fused-ring (bicyclic) bond motifs is 1. The molecular weight excluding hydrogens is 432 g/mol. The lowest BCUT2D eigenvalue weighted by atomic mass is 10.1. The normalized spacial score (nSPS) is 10.7. The second-order valence-electron chi connectivity index (χ2n) is 7.66. The number of benzene rings is 3. The number of aromatic nitrogens is 2. The van der Waals surface area contributed by atoms with Gasteiger partial charge in [0.15, 0.2) is 5.16 Å². The summed E-state index contributed by atoms with van der Waals surface area (Å²) in [6, 6.07) is 24.2. The Morgan fingerprint density at radius 2 is 1.70 bits per heavy atom. The molecule has 6 nitrogen and oxygen atoms in total. The predicted molar refractivity (Wildman–Crippen MR) is 132 cm³/mol. The maximum atomic E-state index is 13.4. The summed E-state index contributed by atoms with van der Waals surface area (Å²) in [7, 11) is 0. The molecule has 0 N–H and O–H groups in total. The SMILES string of the molecule is Cc1cc(C)cc(-n2c(SCC(=O)N(CC#N)c3ccccc3)nc3ccccc3c2=O)c1. The van der Waals surface area contributed by atoms with Gasteiger partial charge in [-0.15, -0.1) is 0 Å². The van der Waals surface area contributed by atoms with E-state index in [-0.39, 0.29) is 23.8 Å². The van der Waals surface area contributed by atoms with Crippen LogP contribution in [0.2, 0.25) is 0 Å². The van der Waals surface area contributed by atoms with E-state index in [0.717, 1.165) is 11.1 Å². The standard InChI is InChI=1S/C26H22N4O2S/c1-18-14-19(2)16-21(15-18)30-25(32)22-10-6-7-11-23(22)28-26(30)33-17-24(31)29(13-12-27)20-8-4-3-5-9-20/h3-11,14-16H,13,17H2,1-2H3. The fourth-order valence-electron chi connectivity index (χ4n) is 3.72. The van der Waals surface area contributed by atoms with Crippen LogP contribution in [0.4, 0.5) is 5.69 Å². The first-order chi connectivity index (χ1) is 16.0. The molecule has 0 aliphatic carbocycles. The summed E-state index contributed by atoms with van der Waals surface area (Å²) in [5.74, 6) is -0.200. The zero-order valence-electron chi connectivity index (χ0n) is 18.4. The average molecular weight is 455 g/mol. The lowest BCUT2D eigenvalue weighted by Gasteiger charge is -2.20. The molecule has 7 heteroatoms. The molecule has 0 spiro atoms. The Morgan fingerprint density at radius 3 is 2.39 bits per heavy atom. The number of nitriles is 1. The van der Waals surface area contributed by atoms with Crippen molar-refractivity contribution < 1.29 is 4.79 Å². The molecule has 0 bridgehead atoms. The van der Waals surface area contributed by atoms with Crippen LogP contribution in [0.1, 0.15) is 11.1 Å². The van der Waals surface area contributed by atoms with E-state index in [1.54, 1.807) is 28.8 Å². The van der Waals surface area contributed by atoms with Gasteiger partial charge in [0.05, 0.1) is 28.4 Å². The molecule has 33 heavy (non-hydrogen) atoms. The molecular formula is C26H22N4O2S. The van der Waals surface area contributed by atoms with Gasteiger partial charge in [0.25, 0.3) is 5.56 Å². The Kier molecular flexibility index (Phi) is 6.57. The minimum absolute atomic E-state index is 0.0339. The molecule has 0 aliphatic rings. The van der Waals surface area contributed by atoms with Gasteiger partial charge in [-0.05, 0) is 61.4 Å². The van der Waals surface area contributed by atoms with Crippen molar-refractivity contribution in [1.29, 1.82) is 5.26 Å². The number of para-hydroxylation sites is 2. The fraction of sp³-hybridized carbons (Fsp3) is 0.154. The molecule has 0 atom stereocenters. The molecule has 0 fully saturated rings. The number of aryl methyl sites for hydroxylation is 2. The number of rotatable bonds is 6. The van der Waals surface area contributed by atoms with Crippen LogP contribution in [-0.4, -0.2) is 27.8 Å². The van der Waals surface area contributed by atoms with Crippen molar-refractivity contribution in [2.24, 2.45) is 0 Å². The van der Waals surface area contributed by atoms with Crippen molar-refractivity contribution in [2.45, 2.75) is 19.0 Å². The highest BCUT2D eigenvalue weighted by Crippen LogP contribution is 2.24. The number of nitrogens with zero attached hydrogens (tertiary/aromatic N) is 4. The highest BCUT2D eigenvalue weighted by Gasteiger charge is 2.19. The van der Waals surface area contributed by atoms with Gasteiger partial charge in [0.2, 0.25) is 5.91 Å². The molecule has 164 valence electrons. The van der Waals surface area contributed by atoms with Crippen LogP contribution in [0, 0.1) is 25.2 Å². The van der Waals surface area contributed by atoms with E-state index in [4.69, 9.17) is 4.98 Å². The van der Waals surface area contributed by atoms with Crippen molar-refractivity contribution in [2.75, 3.05) is 17.2 Å². The molecule has 0 radical (unpaired) electrons. The van der Waals surface area contributed by atoms with Crippen molar-refractivity contribution >= 4 is 34.3 Å². The molecule has 0 saturated heterocycles. The number of hydrogen-bond donors (Lipinski definition) is 0. The van der Waals surface area contributed by atoms with Crippen molar-refractivity contribution in [3.05, 3.63) is 94.3 Å². The van der Waals surface area contributed by atoms with Gasteiger partial charge >= 0.3 is 0 Å². The molecule has 1 heterocycles. The van der Waals surface area contributed by atoms with Crippen molar-refractivity contribution in [3.8, 4) is 11.8 Å². The second kappa shape index (κ2) is 9.72. The lowest BCUT2D eigenvalue weighted by Crippen LogP contribution is -2.33. The minimum atomic E-state index is -0.234. The van der Waals surface area contributed by atoms with Crippen LogP contribution in [0.3, 0.4) is 0 Å². The largest absolute Gasteiger partial charge is 0.298 e. The third-order valence-electron chi connectivity index (χ3n) is 5.13. The van der Waals surface area contributed by atoms with Gasteiger partial charge in [-0.1, -0.05) is 48.2 Å². The first kappa shape index (κ1) is 22.3. The van der Waals surface area contributed by atoms with Crippen LogP contribution in [-0.2, 0) is 4.79 Å². The topological polar surface area (TPSA) is 79.0 Å². The zero-order valence-corrected chi connectivity index (χ0v) is 19.2. The summed E-state index contributed by atoms with van der Waals surface area (Å²) in [6.07, 6.45) is 0. The average Bonchev–Trinajstić information content (AvgIpc) is 2.81. The van der Waals surface area contributed by atoms with E-state index in [0.29, 0.717) is 27.4 Å². The monoisotopic (exact) mass is 454 g/mol. The van der Waals surface area contributed by atoms with Crippen molar-refractivity contribution in [3.63, 3.8) is 0 Å². The molecule has 4 rings (SSSR count).